The minimum Gasteiger partial charge on any atom is -0.493 e. The van der Waals surface area contributed by atoms with Gasteiger partial charge in [0.1, 0.15) is 5.75 Å². The molecular weight excluding hydrogens is 266 g/mol. The lowest BCUT2D eigenvalue weighted by molar-refractivity contribution is -0.122. The van der Waals surface area contributed by atoms with Crippen LogP contribution in [0.15, 0.2) is 24.3 Å². The Kier molecular flexibility index (Phi) is 6.05. The van der Waals surface area contributed by atoms with Crippen molar-refractivity contribution in [2.24, 2.45) is 0 Å². The lowest BCUT2D eigenvalue weighted by Crippen LogP contribution is -2.38. The third kappa shape index (κ3) is 5.38. The standard InChI is InChI=1S/C17H25NO3/c1-13-5-2-3-6-16(13)21-12-4-7-17(20)18-14-8-10-15(19)11-9-14/h2-3,5-6,14-15,19H,4,7-12H2,1H3,(H,18,20). The first-order valence-corrected chi connectivity index (χ1v) is 7.81. The summed E-state index contributed by atoms with van der Waals surface area (Å²) in [5.74, 6) is 0.976. The zero-order valence-electron chi connectivity index (χ0n) is 12.7. The number of carbonyl (C=O) groups excluding carboxylic acids is 1. The van der Waals surface area contributed by atoms with Gasteiger partial charge in [0.05, 0.1) is 12.7 Å². The third-order valence-corrected chi connectivity index (χ3v) is 3.96. The molecule has 0 saturated heterocycles. The SMILES string of the molecule is Cc1ccccc1OCCCC(=O)NC1CCC(O)CC1. The molecule has 1 amide bonds. The Bertz CT molecular complexity index is 453. The second-order valence-corrected chi connectivity index (χ2v) is 5.79. The molecular formula is C17H25NO3. The Hall–Kier alpha value is -1.55. The highest BCUT2D eigenvalue weighted by Crippen LogP contribution is 2.19. The van der Waals surface area contributed by atoms with Crippen molar-refractivity contribution >= 4 is 5.91 Å². The number of benzene rings is 1. The van der Waals surface area contributed by atoms with Gasteiger partial charge in [-0.1, -0.05) is 18.2 Å². The van der Waals surface area contributed by atoms with Crippen molar-refractivity contribution < 1.29 is 14.6 Å². The molecule has 1 aromatic rings. The average Bonchev–Trinajstić information content (AvgIpc) is 2.48. The molecule has 1 fully saturated rings. The number of ether oxygens (including phenoxy) is 1. The van der Waals surface area contributed by atoms with Gasteiger partial charge in [-0.15, -0.1) is 0 Å². The fraction of sp³-hybridized carbons (Fsp3) is 0.588. The first-order valence-electron chi connectivity index (χ1n) is 7.81. The molecule has 1 saturated carbocycles. The Morgan fingerprint density at radius 1 is 1.29 bits per heavy atom. The second-order valence-electron chi connectivity index (χ2n) is 5.79. The highest BCUT2D eigenvalue weighted by atomic mass is 16.5. The molecule has 4 nitrogen and oxygen atoms in total. The summed E-state index contributed by atoms with van der Waals surface area (Å²) in [7, 11) is 0. The van der Waals surface area contributed by atoms with Crippen LogP contribution in [0.25, 0.3) is 0 Å². The number of carbonyl (C=O) groups is 1. The highest BCUT2D eigenvalue weighted by molar-refractivity contribution is 5.76. The zero-order chi connectivity index (χ0) is 15.1. The summed E-state index contributed by atoms with van der Waals surface area (Å²) in [6, 6.07) is 8.13. The lowest BCUT2D eigenvalue weighted by atomic mass is 9.93. The van der Waals surface area contributed by atoms with Gasteiger partial charge in [0.15, 0.2) is 0 Å². The van der Waals surface area contributed by atoms with Crippen LogP contribution < -0.4 is 10.1 Å². The Labute approximate surface area is 126 Å². The van der Waals surface area contributed by atoms with Crippen LogP contribution in [0.5, 0.6) is 5.75 Å². The number of amides is 1. The molecule has 116 valence electrons. The van der Waals surface area contributed by atoms with Crippen LogP contribution in [-0.2, 0) is 4.79 Å². The van der Waals surface area contributed by atoms with Crippen molar-refractivity contribution in [1.29, 1.82) is 0 Å². The Balaban J connectivity index is 1.60. The van der Waals surface area contributed by atoms with E-state index in [4.69, 9.17) is 4.74 Å². The first kappa shape index (κ1) is 15.8. The molecule has 21 heavy (non-hydrogen) atoms. The predicted octanol–water partition coefficient (Wildman–Crippen LogP) is 2.57. The maximum atomic E-state index is 11.8. The number of aryl methyl sites for hydroxylation is 1. The molecule has 0 heterocycles. The quantitative estimate of drug-likeness (QED) is 0.792. The van der Waals surface area contributed by atoms with Crippen LogP contribution >= 0.6 is 0 Å². The molecule has 0 atom stereocenters. The first-order chi connectivity index (χ1) is 10.1. The third-order valence-electron chi connectivity index (χ3n) is 3.96. The molecule has 0 aromatic heterocycles. The largest absolute Gasteiger partial charge is 0.493 e. The number of nitrogens with one attached hydrogen (secondary N) is 1. The van der Waals surface area contributed by atoms with Crippen LogP contribution in [0.4, 0.5) is 0 Å². The summed E-state index contributed by atoms with van der Waals surface area (Å²) in [4.78, 5) is 11.8. The number of para-hydroxylation sites is 1. The number of hydrogen-bond donors (Lipinski definition) is 2. The van der Waals surface area contributed by atoms with Gasteiger partial charge in [0, 0.05) is 12.5 Å². The van der Waals surface area contributed by atoms with Crippen molar-refractivity contribution in [2.45, 2.75) is 57.6 Å². The van der Waals surface area contributed by atoms with Crippen molar-refractivity contribution in [2.75, 3.05) is 6.61 Å². The number of aliphatic hydroxyl groups is 1. The average molecular weight is 291 g/mol. The number of hydrogen-bond acceptors (Lipinski definition) is 3. The summed E-state index contributed by atoms with van der Waals surface area (Å²) in [5.41, 5.74) is 1.11. The van der Waals surface area contributed by atoms with Gasteiger partial charge in [-0.3, -0.25) is 4.79 Å². The fourth-order valence-corrected chi connectivity index (χ4v) is 2.65. The van der Waals surface area contributed by atoms with Gasteiger partial charge in [-0.2, -0.15) is 0 Å². The summed E-state index contributed by atoms with van der Waals surface area (Å²) in [5, 5.41) is 12.5. The lowest BCUT2D eigenvalue weighted by Gasteiger charge is -2.26. The number of rotatable bonds is 6. The van der Waals surface area contributed by atoms with Gasteiger partial charge < -0.3 is 15.2 Å². The maximum Gasteiger partial charge on any atom is 0.220 e. The van der Waals surface area contributed by atoms with E-state index in [0.717, 1.165) is 43.4 Å². The van der Waals surface area contributed by atoms with Crippen molar-refractivity contribution in [3.05, 3.63) is 29.8 Å². The van der Waals surface area contributed by atoms with Crippen LogP contribution in [0, 0.1) is 6.92 Å². The molecule has 1 aliphatic rings. The van der Waals surface area contributed by atoms with E-state index in [1.54, 1.807) is 0 Å². The van der Waals surface area contributed by atoms with Crippen LogP contribution in [-0.4, -0.2) is 29.8 Å². The molecule has 0 bridgehead atoms. The number of aliphatic hydroxyl groups excluding tert-OH is 1. The van der Waals surface area contributed by atoms with Crippen molar-refractivity contribution in [3.8, 4) is 5.75 Å². The molecule has 1 aromatic carbocycles. The van der Waals surface area contributed by atoms with E-state index in [1.807, 2.05) is 31.2 Å². The monoisotopic (exact) mass is 291 g/mol. The van der Waals surface area contributed by atoms with E-state index in [9.17, 15) is 9.90 Å². The molecule has 0 unspecified atom stereocenters. The summed E-state index contributed by atoms with van der Waals surface area (Å²) >= 11 is 0. The molecule has 0 spiro atoms. The van der Waals surface area contributed by atoms with Crippen LogP contribution in [0.3, 0.4) is 0 Å². The van der Waals surface area contributed by atoms with Gasteiger partial charge in [0.25, 0.3) is 0 Å². The minimum absolute atomic E-state index is 0.0878. The summed E-state index contributed by atoms with van der Waals surface area (Å²) < 4.78 is 5.68. The second kappa shape index (κ2) is 8.03. The van der Waals surface area contributed by atoms with Gasteiger partial charge in [-0.25, -0.2) is 0 Å². The summed E-state index contributed by atoms with van der Waals surface area (Å²) in [6.45, 7) is 2.57. The smallest absolute Gasteiger partial charge is 0.220 e. The van der Waals surface area contributed by atoms with E-state index in [2.05, 4.69) is 5.32 Å². The molecule has 0 radical (unpaired) electrons. The van der Waals surface area contributed by atoms with Gasteiger partial charge in [0.2, 0.25) is 5.91 Å². The molecule has 4 heteroatoms. The fourth-order valence-electron chi connectivity index (χ4n) is 2.65. The molecule has 2 rings (SSSR count). The van der Waals surface area contributed by atoms with E-state index >= 15 is 0 Å². The topological polar surface area (TPSA) is 58.6 Å². The van der Waals surface area contributed by atoms with E-state index in [1.165, 1.54) is 0 Å². The molecule has 2 N–H and O–H groups in total. The molecule has 0 aliphatic heterocycles. The van der Waals surface area contributed by atoms with E-state index < -0.39 is 0 Å². The molecule has 1 aliphatic carbocycles. The predicted molar refractivity (Wildman–Crippen MR) is 82.3 cm³/mol. The van der Waals surface area contributed by atoms with Crippen molar-refractivity contribution in [3.63, 3.8) is 0 Å². The normalized spacial score (nSPS) is 21.8. The van der Waals surface area contributed by atoms with Crippen LogP contribution in [0.1, 0.15) is 44.1 Å². The maximum absolute atomic E-state index is 11.8. The Morgan fingerprint density at radius 2 is 2.00 bits per heavy atom. The van der Waals surface area contributed by atoms with Crippen LogP contribution in [0.2, 0.25) is 0 Å². The van der Waals surface area contributed by atoms with Gasteiger partial charge in [-0.05, 0) is 50.7 Å². The Morgan fingerprint density at radius 3 is 2.71 bits per heavy atom. The van der Waals surface area contributed by atoms with E-state index in [0.29, 0.717) is 13.0 Å². The van der Waals surface area contributed by atoms with Gasteiger partial charge >= 0.3 is 0 Å². The highest BCUT2D eigenvalue weighted by Gasteiger charge is 2.20. The minimum atomic E-state index is -0.180. The van der Waals surface area contributed by atoms with Crippen molar-refractivity contribution in [1.82, 2.24) is 5.32 Å². The van der Waals surface area contributed by atoms with E-state index in [-0.39, 0.29) is 18.1 Å². The zero-order valence-corrected chi connectivity index (χ0v) is 12.7. The summed E-state index contributed by atoms with van der Waals surface area (Å²) in [6.07, 6.45) is 4.38.